The van der Waals surface area contributed by atoms with Crippen molar-refractivity contribution in [3.8, 4) is 5.75 Å². The molecule has 1 aliphatic rings. The maximum Gasteiger partial charge on any atom is 0.235 e. The van der Waals surface area contributed by atoms with Crippen molar-refractivity contribution in [1.29, 1.82) is 0 Å². The van der Waals surface area contributed by atoms with E-state index in [2.05, 4.69) is 13.8 Å². The lowest BCUT2D eigenvalue weighted by Crippen LogP contribution is -2.38. The number of carbonyl (C=O) groups excluding carboxylic acids is 1. The summed E-state index contributed by atoms with van der Waals surface area (Å²) in [4.78, 5) is 14.8. The third kappa shape index (κ3) is 3.21. The van der Waals surface area contributed by atoms with Gasteiger partial charge < -0.3 is 14.4 Å². The first-order valence-electron chi connectivity index (χ1n) is 7.47. The zero-order chi connectivity index (χ0) is 15.5. The second-order valence-corrected chi connectivity index (χ2v) is 6.22. The molecule has 4 heteroatoms. The topological polar surface area (TPSA) is 38.8 Å². The molecule has 1 fully saturated rings. The van der Waals surface area contributed by atoms with E-state index >= 15 is 0 Å². The number of rotatable bonds is 6. The van der Waals surface area contributed by atoms with Gasteiger partial charge in [-0.05, 0) is 43.0 Å². The molecule has 1 unspecified atom stereocenters. The minimum atomic E-state index is -0.372. The highest BCUT2D eigenvalue weighted by Crippen LogP contribution is 2.40. The van der Waals surface area contributed by atoms with Crippen molar-refractivity contribution >= 4 is 11.6 Å². The molecule has 0 bridgehead atoms. The predicted octanol–water partition coefficient (Wildman–Crippen LogP) is 3.11. The smallest absolute Gasteiger partial charge is 0.235 e. The van der Waals surface area contributed by atoms with Crippen molar-refractivity contribution in [1.82, 2.24) is 0 Å². The van der Waals surface area contributed by atoms with Crippen LogP contribution < -0.4 is 9.64 Å². The maximum atomic E-state index is 12.9. The lowest BCUT2D eigenvalue weighted by Gasteiger charge is -2.28. The van der Waals surface area contributed by atoms with Gasteiger partial charge in [-0.2, -0.15) is 0 Å². The predicted molar refractivity (Wildman–Crippen MR) is 83.7 cm³/mol. The first-order valence-corrected chi connectivity index (χ1v) is 7.47. The van der Waals surface area contributed by atoms with Crippen LogP contribution in [-0.2, 0) is 9.53 Å². The van der Waals surface area contributed by atoms with E-state index in [0.29, 0.717) is 12.5 Å². The molecule has 4 nitrogen and oxygen atoms in total. The molecule has 0 saturated carbocycles. The highest BCUT2D eigenvalue weighted by atomic mass is 16.5. The van der Waals surface area contributed by atoms with Gasteiger partial charge in [-0.1, -0.05) is 13.8 Å². The summed E-state index contributed by atoms with van der Waals surface area (Å²) in [5, 5.41) is 0. The summed E-state index contributed by atoms with van der Waals surface area (Å²) in [5.41, 5.74) is 0.561. The second kappa shape index (κ2) is 6.48. The van der Waals surface area contributed by atoms with E-state index in [9.17, 15) is 4.79 Å². The summed E-state index contributed by atoms with van der Waals surface area (Å²) in [5.74, 6) is 1.46. The van der Waals surface area contributed by atoms with Gasteiger partial charge in [0.15, 0.2) is 0 Å². The average Bonchev–Trinajstić information content (AvgIpc) is 2.76. The first-order chi connectivity index (χ1) is 10.0. The molecule has 1 amide bonds. The molecule has 1 aromatic carbocycles. The fourth-order valence-electron chi connectivity index (χ4n) is 3.27. The van der Waals surface area contributed by atoms with Gasteiger partial charge >= 0.3 is 0 Å². The van der Waals surface area contributed by atoms with Crippen molar-refractivity contribution in [2.24, 2.45) is 11.3 Å². The number of hydrogen-bond donors (Lipinski definition) is 0. The van der Waals surface area contributed by atoms with Crippen molar-refractivity contribution in [3.05, 3.63) is 24.3 Å². The van der Waals surface area contributed by atoms with Crippen LogP contribution in [0.4, 0.5) is 5.69 Å². The van der Waals surface area contributed by atoms with Gasteiger partial charge in [0.1, 0.15) is 5.75 Å². The Morgan fingerprint density at radius 2 is 1.90 bits per heavy atom. The van der Waals surface area contributed by atoms with Crippen LogP contribution in [0, 0.1) is 11.3 Å². The molecule has 0 aromatic heterocycles. The van der Waals surface area contributed by atoms with Crippen LogP contribution in [0.5, 0.6) is 5.75 Å². The summed E-state index contributed by atoms with van der Waals surface area (Å²) in [7, 11) is 3.31. The normalized spacial score (nSPS) is 22.1. The van der Waals surface area contributed by atoms with Gasteiger partial charge in [0, 0.05) is 19.3 Å². The van der Waals surface area contributed by atoms with Crippen LogP contribution in [0.25, 0.3) is 0 Å². The summed E-state index contributed by atoms with van der Waals surface area (Å²) < 4.78 is 10.5. The van der Waals surface area contributed by atoms with E-state index in [4.69, 9.17) is 9.47 Å². The van der Waals surface area contributed by atoms with Crippen molar-refractivity contribution in [2.75, 3.05) is 32.3 Å². The van der Waals surface area contributed by atoms with Crippen LogP contribution >= 0.6 is 0 Å². The van der Waals surface area contributed by atoms with E-state index < -0.39 is 0 Å². The fourth-order valence-corrected chi connectivity index (χ4v) is 3.27. The minimum Gasteiger partial charge on any atom is -0.497 e. The van der Waals surface area contributed by atoms with Gasteiger partial charge in [-0.25, -0.2) is 0 Å². The number of nitrogens with zero attached hydrogens (tertiary/aromatic N) is 1. The molecule has 0 N–H and O–H groups in total. The number of ether oxygens (including phenoxy) is 2. The van der Waals surface area contributed by atoms with Gasteiger partial charge in [-0.15, -0.1) is 0 Å². The first kappa shape index (κ1) is 15.8. The number of benzene rings is 1. The van der Waals surface area contributed by atoms with Gasteiger partial charge in [0.25, 0.3) is 0 Å². The van der Waals surface area contributed by atoms with Crippen molar-refractivity contribution in [3.63, 3.8) is 0 Å². The van der Waals surface area contributed by atoms with E-state index in [1.165, 1.54) is 0 Å². The molecule has 1 atom stereocenters. The standard InChI is InChI=1S/C17H25NO3/c1-13(2)11-17(12-20-3)9-10-18(16(17)19)14-5-7-15(21-4)8-6-14/h5-8,13H,9-12H2,1-4H3. The molecule has 1 heterocycles. The Balaban J connectivity index is 2.21. The van der Waals surface area contributed by atoms with Crippen LogP contribution in [0.2, 0.25) is 0 Å². The zero-order valence-electron chi connectivity index (χ0n) is 13.4. The Hall–Kier alpha value is -1.55. The summed E-state index contributed by atoms with van der Waals surface area (Å²) >= 11 is 0. The number of anilines is 1. The van der Waals surface area contributed by atoms with E-state index in [0.717, 1.165) is 30.8 Å². The molecule has 1 saturated heterocycles. The molecule has 0 spiro atoms. The molecule has 1 aromatic rings. The third-order valence-corrected chi connectivity index (χ3v) is 4.12. The Morgan fingerprint density at radius 3 is 2.43 bits per heavy atom. The molecule has 116 valence electrons. The SMILES string of the molecule is COCC1(CC(C)C)CCN(c2ccc(OC)cc2)C1=O. The maximum absolute atomic E-state index is 12.9. The highest BCUT2D eigenvalue weighted by Gasteiger charge is 2.47. The quantitative estimate of drug-likeness (QED) is 0.808. The van der Waals surface area contributed by atoms with E-state index in [1.807, 2.05) is 29.2 Å². The van der Waals surface area contributed by atoms with E-state index in [1.54, 1.807) is 14.2 Å². The molecule has 0 radical (unpaired) electrons. The Bertz CT molecular complexity index is 483. The Kier molecular flexibility index (Phi) is 4.88. The highest BCUT2D eigenvalue weighted by molar-refractivity contribution is 6.00. The van der Waals surface area contributed by atoms with Gasteiger partial charge in [0.2, 0.25) is 5.91 Å². The summed E-state index contributed by atoms with van der Waals surface area (Å²) in [6.07, 6.45) is 1.72. The monoisotopic (exact) mass is 291 g/mol. The number of hydrogen-bond acceptors (Lipinski definition) is 3. The summed E-state index contributed by atoms with van der Waals surface area (Å²) in [6.45, 7) is 5.55. The average molecular weight is 291 g/mol. The molecule has 21 heavy (non-hydrogen) atoms. The van der Waals surface area contributed by atoms with Gasteiger partial charge in [0.05, 0.1) is 19.1 Å². The van der Waals surface area contributed by atoms with Gasteiger partial charge in [-0.3, -0.25) is 4.79 Å². The lowest BCUT2D eigenvalue weighted by molar-refractivity contribution is -0.129. The van der Waals surface area contributed by atoms with E-state index in [-0.39, 0.29) is 11.3 Å². The summed E-state index contributed by atoms with van der Waals surface area (Å²) in [6, 6.07) is 7.66. The minimum absolute atomic E-state index is 0.184. The van der Waals surface area contributed by atoms with Crippen LogP contribution in [-0.4, -0.2) is 33.3 Å². The zero-order valence-corrected chi connectivity index (χ0v) is 13.4. The Labute approximate surface area is 127 Å². The number of carbonyl (C=O) groups is 1. The molecule has 0 aliphatic carbocycles. The van der Waals surface area contributed by atoms with Crippen LogP contribution in [0.1, 0.15) is 26.7 Å². The van der Waals surface area contributed by atoms with Crippen LogP contribution in [0.3, 0.4) is 0 Å². The second-order valence-electron chi connectivity index (χ2n) is 6.22. The molecular formula is C17H25NO3. The van der Waals surface area contributed by atoms with Crippen molar-refractivity contribution < 1.29 is 14.3 Å². The molecule has 2 rings (SSSR count). The number of amides is 1. The number of methoxy groups -OCH3 is 2. The third-order valence-electron chi connectivity index (χ3n) is 4.12. The lowest BCUT2D eigenvalue weighted by atomic mass is 9.79. The van der Waals surface area contributed by atoms with Crippen LogP contribution in [0.15, 0.2) is 24.3 Å². The van der Waals surface area contributed by atoms with Crippen molar-refractivity contribution in [2.45, 2.75) is 26.7 Å². The fraction of sp³-hybridized carbons (Fsp3) is 0.588. The largest absolute Gasteiger partial charge is 0.497 e. The molecular weight excluding hydrogens is 266 g/mol. The Morgan fingerprint density at radius 1 is 1.24 bits per heavy atom. The molecule has 1 aliphatic heterocycles.